The average molecular weight is 422 g/mol. The number of hydrogen-bond donors (Lipinski definition) is 1. The van der Waals surface area contributed by atoms with Crippen molar-refractivity contribution in [3.8, 4) is 11.4 Å². The van der Waals surface area contributed by atoms with Crippen molar-refractivity contribution < 1.29 is 0 Å². The maximum atomic E-state index is 12.6. The molecule has 0 atom stereocenters. The number of rotatable bonds is 3. The van der Waals surface area contributed by atoms with Gasteiger partial charge in [0.25, 0.3) is 11.3 Å². The Hall–Kier alpha value is -2.96. The minimum absolute atomic E-state index is 0. The lowest BCUT2D eigenvalue weighted by atomic mass is 10.00. The molecule has 0 aliphatic carbocycles. The molecular weight excluding hydrogens is 398 g/mol. The summed E-state index contributed by atoms with van der Waals surface area (Å²) in [7, 11) is 0. The molecule has 0 fully saturated rings. The van der Waals surface area contributed by atoms with E-state index in [0.717, 1.165) is 30.8 Å². The molecule has 2 aromatic heterocycles. The van der Waals surface area contributed by atoms with Crippen LogP contribution in [0, 0.1) is 13.8 Å². The summed E-state index contributed by atoms with van der Waals surface area (Å²) in [5.41, 5.74) is 6.76. The molecule has 7 heteroatoms. The molecule has 0 saturated heterocycles. The number of aromatic nitrogens is 4. The topological polar surface area (TPSA) is 66.3 Å². The summed E-state index contributed by atoms with van der Waals surface area (Å²) < 4.78 is 1.42. The smallest absolute Gasteiger partial charge is 0.274 e. The Bertz CT molecular complexity index is 1280. The first-order valence-electron chi connectivity index (χ1n) is 9.92. The fourth-order valence-electron chi connectivity index (χ4n) is 3.94. The van der Waals surface area contributed by atoms with Gasteiger partial charge in [0.15, 0.2) is 5.82 Å². The van der Waals surface area contributed by atoms with Crippen molar-refractivity contribution in [2.45, 2.75) is 33.4 Å². The molecule has 5 rings (SSSR count). The molecule has 0 unspecified atom stereocenters. The molecule has 0 saturated carbocycles. The number of hydrogen-bond acceptors (Lipinski definition) is 4. The fourth-order valence-corrected chi connectivity index (χ4v) is 3.94. The molecule has 1 N–H and O–H groups in total. The third kappa shape index (κ3) is 3.76. The van der Waals surface area contributed by atoms with Gasteiger partial charge < -0.3 is 0 Å². The highest BCUT2D eigenvalue weighted by Gasteiger charge is 2.17. The Morgan fingerprint density at radius 3 is 2.60 bits per heavy atom. The van der Waals surface area contributed by atoms with E-state index in [2.05, 4.69) is 70.2 Å². The van der Waals surface area contributed by atoms with Crippen LogP contribution in [-0.4, -0.2) is 31.0 Å². The molecule has 1 aliphatic rings. The molecular formula is C23H24ClN5O. The summed E-state index contributed by atoms with van der Waals surface area (Å²) in [5.74, 6) is 1.07. The summed E-state index contributed by atoms with van der Waals surface area (Å²) in [6, 6.07) is 16.3. The van der Waals surface area contributed by atoms with Crippen molar-refractivity contribution in [3.63, 3.8) is 0 Å². The predicted octanol–water partition coefficient (Wildman–Crippen LogP) is 3.68. The van der Waals surface area contributed by atoms with Gasteiger partial charge in [-0.25, -0.2) is 4.98 Å². The van der Waals surface area contributed by atoms with E-state index in [0.29, 0.717) is 18.1 Å². The second kappa shape index (κ2) is 8.05. The van der Waals surface area contributed by atoms with Crippen molar-refractivity contribution in [3.05, 3.63) is 86.8 Å². The standard InChI is InChI=1S/C23H23N5O.ClH/c1-15-7-8-18(11-16(15)2)22-25-23-24-20(12-21(29)28(23)26-22)14-27-10-9-17-5-3-4-6-19(17)13-27;/h3-8,11-12H,9-10,13-14H2,1-2H3,(H,24,25,26);1H. The fraction of sp³-hybridized carbons (Fsp3) is 0.261. The van der Waals surface area contributed by atoms with Gasteiger partial charge in [-0.2, -0.15) is 9.50 Å². The van der Waals surface area contributed by atoms with Crippen LogP contribution in [0.25, 0.3) is 17.2 Å². The Kier molecular flexibility index (Phi) is 5.45. The highest BCUT2D eigenvalue weighted by Crippen LogP contribution is 2.21. The number of benzene rings is 2. The number of fused-ring (bicyclic) bond motifs is 2. The molecule has 3 heterocycles. The van der Waals surface area contributed by atoms with Crippen molar-refractivity contribution in [2.75, 3.05) is 6.54 Å². The van der Waals surface area contributed by atoms with Crippen molar-refractivity contribution in [1.29, 1.82) is 0 Å². The second-order valence-electron chi connectivity index (χ2n) is 7.82. The maximum absolute atomic E-state index is 12.6. The molecule has 30 heavy (non-hydrogen) atoms. The van der Waals surface area contributed by atoms with Crippen LogP contribution in [0.5, 0.6) is 0 Å². The SMILES string of the molecule is Cc1ccc(-c2nc3nc(CN4CCc5ccccc5C4)cc(=O)n3[nH]2)cc1C.Cl. The molecule has 0 spiro atoms. The molecule has 154 valence electrons. The number of halogens is 1. The van der Waals surface area contributed by atoms with E-state index in [4.69, 9.17) is 0 Å². The van der Waals surface area contributed by atoms with Gasteiger partial charge in [-0.1, -0.05) is 36.4 Å². The van der Waals surface area contributed by atoms with E-state index in [9.17, 15) is 4.79 Å². The van der Waals surface area contributed by atoms with E-state index >= 15 is 0 Å². The second-order valence-corrected chi connectivity index (χ2v) is 7.82. The highest BCUT2D eigenvalue weighted by molar-refractivity contribution is 5.85. The van der Waals surface area contributed by atoms with Crippen LogP contribution in [0.15, 0.2) is 53.3 Å². The molecule has 4 aromatic rings. The molecule has 2 aromatic carbocycles. The Morgan fingerprint density at radius 1 is 1.00 bits per heavy atom. The van der Waals surface area contributed by atoms with Gasteiger partial charge in [0.05, 0.1) is 5.69 Å². The predicted molar refractivity (Wildman–Crippen MR) is 120 cm³/mol. The first kappa shape index (κ1) is 20.3. The number of aryl methyl sites for hydroxylation is 2. The zero-order valence-corrected chi connectivity index (χ0v) is 17.9. The van der Waals surface area contributed by atoms with E-state index in [-0.39, 0.29) is 18.0 Å². The van der Waals surface area contributed by atoms with Crippen LogP contribution < -0.4 is 5.56 Å². The molecule has 6 nitrogen and oxygen atoms in total. The van der Waals surface area contributed by atoms with Gasteiger partial charge in [-0.15, -0.1) is 12.4 Å². The zero-order valence-electron chi connectivity index (χ0n) is 17.1. The Balaban J connectivity index is 0.00000218. The molecule has 0 bridgehead atoms. The monoisotopic (exact) mass is 421 g/mol. The normalized spacial score (nSPS) is 13.8. The van der Waals surface area contributed by atoms with E-state index in [1.807, 2.05) is 6.07 Å². The lowest BCUT2D eigenvalue weighted by Gasteiger charge is -2.28. The lowest BCUT2D eigenvalue weighted by molar-refractivity contribution is 0.242. The van der Waals surface area contributed by atoms with Crippen molar-refractivity contribution in [1.82, 2.24) is 24.5 Å². The Labute approximate surface area is 181 Å². The number of aromatic amines is 1. The minimum Gasteiger partial charge on any atom is -0.293 e. The largest absolute Gasteiger partial charge is 0.293 e. The third-order valence-corrected chi connectivity index (χ3v) is 5.76. The van der Waals surface area contributed by atoms with Gasteiger partial charge in [-0.3, -0.25) is 14.8 Å². The van der Waals surface area contributed by atoms with Crippen LogP contribution in [0.1, 0.15) is 27.9 Å². The van der Waals surface area contributed by atoms with Crippen LogP contribution in [0.3, 0.4) is 0 Å². The van der Waals surface area contributed by atoms with Crippen molar-refractivity contribution in [2.24, 2.45) is 0 Å². The summed E-state index contributed by atoms with van der Waals surface area (Å²) >= 11 is 0. The van der Waals surface area contributed by atoms with Crippen molar-refractivity contribution >= 4 is 18.2 Å². The minimum atomic E-state index is -0.134. The van der Waals surface area contributed by atoms with Crippen LogP contribution in [0.2, 0.25) is 0 Å². The zero-order chi connectivity index (χ0) is 20.0. The van der Waals surface area contributed by atoms with Crippen LogP contribution in [0.4, 0.5) is 0 Å². The van der Waals surface area contributed by atoms with Gasteiger partial charge in [0.1, 0.15) is 0 Å². The van der Waals surface area contributed by atoms with Crippen LogP contribution >= 0.6 is 12.4 Å². The first-order valence-corrected chi connectivity index (χ1v) is 9.92. The number of nitrogens with one attached hydrogen (secondary N) is 1. The van der Waals surface area contributed by atoms with Gasteiger partial charge in [-0.05, 0) is 48.6 Å². The molecule has 1 aliphatic heterocycles. The summed E-state index contributed by atoms with van der Waals surface area (Å²) in [5, 5.41) is 3.09. The first-order chi connectivity index (χ1) is 14.1. The van der Waals surface area contributed by atoms with Crippen LogP contribution in [-0.2, 0) is 19.5 Å². The number of H-pyrrole nitrogens is 1. The van der Waals surface area contributed by atoms with E-state index in [1.165, 1.54) is 26.8 Å². The summed E-state index contributed by atoms with van der Waals surface area (Å²) in [6.07, 6.45) is 1.02. The lowest BCUT2D eigenvalue weighted by Crippen LogP contribution is -2.31. The van der Waals surface area contributed by atoms with Gasteiger partial charge in [0.2, 0.25) is 0 Å². The maximum Gasteiger partial charge on any atom is 0.274 e. The summed E-state index contributed by atoms with van der Waals surface area (Å²) in [4.78, 5) is 24.2. The van der Waals surface area contributed by atoms with Gasteiger partial charge >= 0.3 is 0 Å². The molecule has 0 amide bonds. The highest BCUT2D eigenvalue weighted by atomic mass is 35.5. The average Bonchev–Trinajstić information content (AvgIpc) is 3.15. The Morgan fingerprint density at radius 2 is 1.80 bits per heavy atom. The number of nitrogens with zero attached hydrogens (tertiary/aromatic N) is 4. The molecule has 0 radical (unpaired) electrons. The van der Waals surface area contributed by atoms with Gasteiger partial charge in [0, 0.05) is 31.3 Å². The summed E-state index contributed by atoms with van der Waals surface area (Å²) in [6.45, 7) is 6.64. The van der Waals surface area contributed by atoms with E-state index < -0.39 is 0 Å². The van der Waals surface area contributed by atoms with E-state index in [1.54, 1.807) is 6.07 Å². The quantitative estimate of drug-likeness (QED) is 0.548. The third-order valence-electron chi connectivity index (χ3n) is 5.76.